The number of guanidine groups is 1. The first-order valence-electron chi connectivity index (χ1n) is 8.93. The number of carbonyl (C=O) groups is 1. The molecular weight excluding hydrogens is 300 g/mol. The summed E-state index contributed by atoms with van der Waals surface area (Å²) in [5.41, 5.74) is 2.54. The van der Waals surface area contributed by atoms with Crippen LogP contribution in [0.25, 0.3) is 0 Å². The minimum absolute atomic E-state index is 0.134. The number of hydrogen-bond acceptors (Lipinski definition) is 2. The van der Waals surface area contributed by atoms with Crippen molar-refractivity contribution in [2.45, 2.75) is 39.7 Å². The molecule has 5 heteroatoms. The number of rotatable bonds is 5. The highest BCUT2D eigenvalue weighted by molar-refractivity contribution is 5.85. The average Bonchev–Trinajstić information content (AvgIpc) is 2.61. The highest BCUT2D eigenvalue weighted by Gasteiger charge is 2.16. The summed E-state index contributed by atoms with van der Waals surface area (Å²) in [7, 11) is 2.01. The lowest BCUT2D eigenvalue weighted by atomic mass is 10.1. The number of amides is 1. The molecule has 1 saturated heterocycles. The lowest BCUT2D eigenvalue weighted by molar-refractivity contribution is -0.130. The van der Waals surface area contributed by atoms with E-state index in [9.17, 15) is 4.79 Å². The van der Waals surface area contributed by atoms with Crippen LogP contribution in [0.3, 0.4) is 0 Å². The molecule has 0 aromatic heterocycles. The van der Waals surface area contributed by atoms with Crippen LogP contribution < -0.4 is 5.32 Å². The van der Waals surface area contributed by atoms with Gasteiger partial charge in [0.2, 0.25) is 5.91 Å². The Morgan fingerprint density at radius 1 is 1.25 bits per heavy atom. The van der Waals surface area contributed by atoms with Crippen LogP contribution >= 0.6 is 0 Å². The van der Waals surface area contributed by atoms with E-state index in [1.165, 1.54) is 17.5 Å². The maximum absolute atomic E-state index is 12.3. The van der Waals surface area contributed by atoms with Gasteiger partial charge in [-0.2, -0.15) is 0 Å². The predicted octanol–water partition coefficient (Wildman–Crippen LogP) is 2.40. The summed E-state index contributed by atoms with van der Waals surface area (Å²) in [4.78, 5) is 20.9. The smallest absolute Gasteiger partial charge is 0.244 e. The molecule has 2 rings (SSSR count). The molecule has 0 aliphatic carbocycles. The quantitative estimate of drug-likeness (QED) is 0.666. The van der Waals surface area contributed by atoms with E-state index in [1.54, 1.807) is 0 Å². The summed E-state index contributed by atoms with van der Waals surface area (Å²) in [6, 6.07) is 8.36. The number of likely N-dealkylation sites (tertiary alicyclic amines) is 1. The van der Waals surface area contributed by atoms with Crippen LogP contribution in [-0.2, 0) is 11.3 Å². The van der Waals surface area contributed by atoms with Crippen LogP contribution in [0.5, 0.6) is 0 Å². The Bertz CT molecular complexity index is 564. The topological polar surface area (TPSA) is 47.9 Å². The predicted molar refractivity (Wildman–Crippen MR) is 99.1 cm³/mol. The normalized spacial score (nSPS) is 15.3. The van der Waals surface area contributed by atoms with Gasteiger partial charge < -0.3 is 15.1 Å². The zero-order chi connectivity index (χ0) is 17.4. The number of aliphatic imine (C=N–C) groups is 1. The van der Waals surface area contributed by atoms with Gasteiger partial charge in [-0.15, -0.1) is 0 Å². The summed E-state index contributed by atoms with van der Waals surface area (Å²) < 4.78 is 0. The van der Waals surface area contributed by atoms with Crippen molar-refractivity contribution in [3.8, 4) is 0 Å². The second kappa shape index (κ2) is 9.30. The second-order valence-corrected chi connectivity index (χ2v) is 6.39. The van der Waals surface area contributed by atoms with Gasteiger partial charge in [0, 0.05) is 33.2 Å². The Kier molecular flexibility index (Phi) is 7.09. The van der Waals surface area contributed by atoms with E-state index in [-0.39, 0.29) is 12.5 Å². The van der Waals surface area contributed by atoms with Gasteiger partial charge in [0.15, 0.2) is 5.96 Å². The van der Waals surface area contributed by atoms with E-state index in [0.717, 1.165) is 45.0 Å². The third-order valence-electron chi connectivity index (χ3n) is 4.44. The maximum atomic E-state index is 12.3. The third kappa shape index (κ3) is 5.25. The number of hydrogen-bond donors (Lipinski definition) is 1. The van der Waals surface area contributed by atoms with Crippen molar-refractivity contribution >= 4 is 11.9 Å². The highest BCUT2D eigenvalue weighted by atomic mass is 16.2. The zero-order valence-corrected chi connectivity index (χ0v) is 15.2. The molecule has 5 nitrogen and oxygen atoms in total. The van der Waals surface area contributed by atoms with Gasteiger partial charge >= 0.3 is 0 Å². The van der Waals surface area contributed by atoms with Crippen molar-refractivity contribution in [1.82, 2.24) is 15.1 Å². The Hall–Kier alpha value is -2.04. The monoisotopic (exact) mass is 330 g/mol. The number of piperidine rings is 1. The molecule has 1 amide bonds. The standard InChI is InChI=1S/C19H30N4O/c1-4-20-19(21-14-18(24)23-12-8-5-9-13-23)22(3)15-17-11-7-6-10-16(17)2/h6-7,10-11H,4-5,8-9,12-15H2,1-3H3,(H,20,21). The molecular formula is C19H30N4O. The molecule has 1 aromatic rings. The van der Waals surface area contributed by atoms with Gasteiger partial charge in [-0.1, -0.05) is 24.3 Å². The molecule has 1 heterocycles. The van der Waals surface area contributed by atoms with E-state index in [1.807, 2.05) is 18.9 Å². The molecule has 0 unspecified atom stereocenters. The zero-order valence-electron chi connectivity index (χ0n) is 15.2. The molecule has 1 aliphatic rings. The summed E-state index contributed by atoms with van der Waals surface area (Å²) >= 11 is 0. The lowest BCUT2D eigenvalue weighted by Crippen LogP contribution is -2.41. The molecule has 0 radical (unpaired) electrons. The Morgan fingerprint density at radius 3 is 2.62 bits per heavy atom. The van der Waals surface area contributed by atoms with Gasteiger partial charge in [0.25, 0.3) is 0 Å². The third-order valence-corrected chi connectivity index (χ3v) is 4.44. The summed E-state index contributed by atoms with van der Waals surface area (Å²) in [5.74, 6) is 0.917. The number of nitrogens with zero attached hydrogens (tertiary/aromatic N) is 3. The van der Waals surface area contributed by atoms with Crippen molar-refractivity contribution in [1.29, 1.82) is 0 Å². The summed E-state index contributed by atoms with van der Waals surface area (Å²) in [5, 5.41) is 3.29. The van der Waals surface area contributed by atoms with E-state index >= 15 is 0 Å². The molecule has 24 heavy (non-hydrogen) atoms. The molecule has 1 aliphatic heterocycles. The van der Waals surface area contributed by atoms with Crippen molar-refractivity contribution in [2.75, 3.05) is 33.2 Å². The molecule has 1 N–H and O–H groups in total. The summed E-state index contributed by atoms with van der Waals surface area (Å²) in [6.45, 7) is 7.70. The fourth-order valence-corrected chi connectivity index (χ4v) is 2.97. The van der Waals surface area contributed by atoms with E-state index in [0.29, 0.717) is 0 Å². The van der Waals surface area contributed by atoms with E-state index < -0.39 is 0 Å². The van der Waals surface area contributed by atoms with Crippen LogP contribution in [0, 0.1) is 6.92 Å². The SMILES string of the molecule is CCNC(=NCC(=O)N1CCCCC1)N(C)Cc1ccccc1C. The molecule has 0 saturated carbocycles. The molecule has 0 atom stereocenters. The van der Waals surface area contributed by atoms with Gasteiger partial charge in [0.1, 0.15) is 6.54 Å². The van der Waals surface area contributed by atoms with Crippen LogP contribution in [0.4, 0.5) is 0 Å². The van der Waals surface area contributed by atoms with Crippen LogP contribution in [0.2, 0.25) is 0 Å². The van der Waals surface area contributed by atoms with Gasteiger partial charge in [-0.05, 0) is 44.2 Å². The van der Waals surface area contributed by atoms with Crippen LogP contribution in [-0.4, -0.2) is 54.9 Å². The van der Waals surface area contributed by atoms with Crippen molar-refractivity contribution in [3.05, 3.63) is 35.4 Å². The molecule has 1 fully saturated rings. The summed E-state index contributed by atoms with van der Waals surface area (Å²) in [6.07, 6.45) is 3.46. The van der Waals surface area contributed by atoms with E-state index in [4.69, 9.17) is 0 Å². The van der Waals surface area contributed by atoms with Crippen molar-refractivity contribution in [3.63, 3.8) is 0 Å². The molecule has 0 spiro atoms. The fraction of sp³-hybridized carbons (Fsp3) is 0.579. The minimum atomic E-state index is 0.134. The first kappa shape index (κ1) is 18.3. The lowest BCUT2D eigenvalue weighted by Gasteiger charge is -2.27. The van der Waals surface area contributed by atoms with Gasteiger partial charge in [-0.25, -0.2) is 4.99 Å². The fourth-order valence-electron chi connectivity index (χ4n) is 2.97. The van der Waals surface area contributed by atoms with Crippen LogP contribution in [0.15, 0.2) is 29.3 Å². The number of nitrogens with one attached hydrogen (secondary N) is 1. The van der Waals surface area contributed by atoms with Crippen molar-refractivity contribution in [2.24, 2.45) is 4.99 Å². The first-order valence-corrected chi connectivity index (χ1v) is 8.93. The second-order valence-electron chi connectivity index (χ2n) is 6.39. The maximum Gasteiger partial charge on any atom is 0.244 e. The highest BCUT2D eigenvalue weighted by Crippen LogP contribution is 2.10. The minimum Gasteiger partial charge on any atom is -0.357 e. The largest absolute Gasteiger partial charge is 0.357 e. The molecule has 132 valence electrons. The average molecular weight is 330 g/mol. The van der Waals surface area contributed by atoms with Crippen molar-refractivity contribution < 1.29 is 4.79 Å². The number of aryl methyl sites for hydroxylation is 1. The van der Waals surface area contributed by atoms with Gasteiger partial charge in [0.05, 0.1) is 0 Å². The number of benzene rings is 1. The Morgan fingerprint density at radius 2 is 1.96 bits per heavy atom. The Balaban J connectivity index is 1.98. The Labute approximate surface area is 145 Å². The number of carbonyl (C=O) groups excluding carboxylic acids is 1. The first-order chi connectivity index (χ1) is 11.6. The molecule has 0 bridgehead atoms. The van der Waals surface area contributed by atoms with E-state index in [2.05, 4.69) is 46.4 Å². The van der Waals surface area contributed by atoms with Gasteiger partial charge in [-0.3, -0.25) is 4.79 Å². The van der Waals surface area contributed by atoms with Crippen LogP contribution in [0.1, 0.15) is 37.3 Å². The molecule has 1 aromatic carbocycles.